The van der Waals surface area contributed by atoms with Gasteiger partial charge in [0.1, 0.15) is 13.2 Å². The highest BCUT2D eigenvalue weighted by molar-refractivity contribution is 5.77. The Morgan fingerprint density at radius 3 is 2.14 bits per heavy atom. The minimum absolute atomic E-state index is 0.152. The minimum Gasteiger partial charge on any atom is -0.379 e. The Hall–Kier alpha value is -1.06. The van der Waals surface area contributed by atoms with Crippen LogP contribution in [0.3, 0.4) is 0 Å². The van der Waals surface area contributed by atoms with Crippen molar-refractivity contribution in [2.75, 3.05) is 59.3 Å². The van der Waals surface area contributed by atoms with E-state index in [0.717, 1.165) is 13.0 Å². The molecule has 0 aliphatic carbocycles. The molecule has 0 aliphatic heterocycles. The van der Waals surface area contributed by atoms with Crippen molar-refractivity contribution in [1.29, 1.82) is 0 Å². The van der Waals surface area contributed by atoms with Gasteiger partial charge in [0.2, 0.25) is 5.91 Å². The molecule has 0 bridgehead atoms. The maximum absolute atomic E-state index is 11.2. The monoisotopic (exact) mass is 319 g/mol. The lowest BCUT2D eigenvalue weighted by atomic mass is 10.4. The van der Waals surface area contributed by atoms with E-state index in [4.69, 9.17) is 19.9 Å². The summed E-state index contributed by atoms with van der Waals surface area (Å²) < 4.78 is 20.6. The fraction of sp³-hybridized carbons (Fsp3) is 0.786. The third kappa shape index (κ3) is 17.0. The summed E-state index contributed by atoms with van der Waals surface area (Å²) in [5.41, 5.74) is 5.33. The molecule has 1 radical (unpaired) electrons. The Kier molecular flexibility index (Phi) is 17.1. The molecule has 0 atom stereocenters. The van der Waals surface area contributed by atoms with Gasteiger partial charge in [0.15, 0.2) is 6.29 Å². The summed E-state index contributed by atoms with van der Waals surface area (Å²) in [5, 5.41) is 2.64. The zero-order chi connectivity index (χ0) is 16.3. The molecule has 0 saturated carbocycles. The predicted octanol–water partition coefficient (Wildman–Crippen LogP) is -0.731. The number of rotatable bonds is 17. The number of nitrogens with one attached hydrogen (secondary N) is 1. The maximum Gasteiger partial charge on any atom is 0.246 e. The Balaban J connectivity index is 3.08. The number of hydrogen-bond acceptors (Lipinski definition) is 7. The summed E-state index contributed by atoms with van der Waals surface area (Å²) >= 11 is 0. The standard InChI is InChI=1S/C14H27N2O6/c15-3-1-6-19-9-11-21-12-10-20-7-2-4-16-14(18)13-22-8-5-17/h5,8H,1-4,6-7,9-13,15H2,(H,16,18). The SMILES string of the molecule is NCCCOCCOCCOCCCNC(=O)CO[CH]C=O. The van der Waals surface area contributed by atoms with Crippen LogP contribution in [0.2, 0.25) is 0 Å². The molecule has 129 valence electrons. The first-order chi connectivity index (χ1) is 10.8. The van der Waals surface area contributed by atoms with Crippen LogP contribution >= 0.6 is 0 Å². The average molecular weight is 319 g/mol. The molecular formula is C14H27N2O6. The van der Waals surface area contributed by atoms with Gasteiger partial charge >= 0.3 is 0 Å². The number of hydrogen-bond donors (Lipinski definition) is 2. The molecule has 0 spiro atoms. The number of carbonyl (C=O) groups excluding carboxylic acids is 2. The van der Waals surface area contributed by atoms with E-state index in [0.29, 0.717) is 65.4 Å². The van der Waals surface area contributed by atoms with Gasteiger partial charge in [0, 0.05) is 19.8 Å². The van der Waals surface area contributed by atoms with E-state index in [9.17, 15) is 9.59 Å². The van der Waals surface area contributed by atoms with Gasteiger partial charge < -0.3 is 34.8 Å². The van der Waals surface area contributed by atoms with E-state index in [1.807, 2.05) is 0 Å². The molecule has 8 nitrogen and oxygen atoms in total. The summed E-state index contributed by atoms with van der Waals surface area (Å²) in [7, 11) is 0. The largest absolute Gasteiger partial charge is 0.379 e. The van der Waals surface area contributed by atoms with Crippen molar-refractivity contribution < 1.29 is 28.5 Å². The van der Waals surface area contributed by atoms with Gasteiger partial charge in [0.25, 0.3) is 0 Å². The van der Waals surface area contributed by atoms with Crippen LogP contribution in [0.4, 0.5) is 0 Å². The topological polar surface area (TPSA) is 109 Å². The van der Waals surface area contributed by atoms with Crippen molar-refractivity contribution in [3.05, 3.63) is 6.61 Å². The smallest absolute Gasteiger partial charge is 0.246 e. The Bertz CT molecular complexity index is 266. The molecule has 8 heteroatoms. The van der Waals surface area contributed by atoms with Crippen LogP contribution in [-0.2, 0) is 28.5 Å². The molecule has 0 aromatic heterocycles. The normalized spacial score (nSPS) is 10.6. The van der Waals surface area contributed by atoms with Crippen LogP contribution in [0.1, 0.15) is 12.8 Å². The molecule has 3 N–H and O–H groups in total. The lowest BCUT2D eigenvalue weighted by Crippen LogP contribution is -2.29. The molecule has 0 aromatic rings. The summed E-state index contributed by atoms with van der Waals surface area (Å²) in [6.45, 7) is 5.26. The molecule has 0 fully saturated rings. The zero-order valence-electron chi connectivity index (χ0n) is 13.0. The predicted molar refractivity (Wildman–Crippen MR) is 80.1 cm³/mol. The second-order valence-corrected chi connectivity index (χ2v) is 4.27. The third-order valence-electron chi connectivity index (χ3n) is 2.39. The molecule has 0 rings (SSSR count). The molecule has 0 unspecified atom stereocenters. The second-order valence-electron chi connectivity index (χ2n) is 4.27. The highest BCUT2D eigenvalue weighted by atomic mass is 16.5. The van der Waals surface area contributed by atoms with Crippen LogP contribution in [0.25, 0.3) is 0 Å². The van der Waals surface area contributed by atoms with Gasteiger partial charge in [0.05, 0.1) is 26.4 Å². The number of carbonyl (C=O) groups is 2. The maximum atomic E-state index is 11.2. The lowest BCUT2D eigenvalue weighted by molar-refractivity contribution is -0.125. The number of nitrogens with two attached hydrogens (primary N) is 1. The highest BCUT2D eigenvalue weighted by Crippen LogP contribution is 1.85. The summed E-state index contributed by atoms with van der Waals surface area (Å²) in [5.74, 6) is -0.268. The molecule has 0 aliphatic rings. The fourth-order valence-electron chi connectivity index (χ4n) is 1.34. The van der Waals surface area contributed by atoms with Crippen molar-refractivity contribution in [3.63, 3.8) is 0 Å². The number of ether oxygens (including phenoxy) is 4. The van der Waals surface area contributed by atoms with E-state index in [1.165, 1.54) is 0 Å². The van der Waals surface area contributed by atoms with Crippen molar-refractivity contribution in [3.8, 4) is 0 Å². The van der Waals surface area contributed by atoms with Gasteiger partial charge in [-0.15, -0.1) is 0 Å². The third-order valence-corrected chi connectivity index (χ3v) is 2.39. The van der Waals surface area contributed by atoms with E-state index in [-0.39, 0.29) is 12.5 Å². The fourth-order valence-corrected chi connectivity index (χ4v) is 1.34. The van der Waals surface area contributed by atoms with Gasteiger partial charge in [-0.1, -0.05) is 0 Å². The molecule has 0 heterocycles. The van der Waals surface area contributed by atoms with E-state index in [1.54, 1.807) is 0 Å². The first-order valence-corrected chi connectivity index (χ1v) is 7.39. The van der Waals surface area contributed by atoms with Gasteiger partial charge in [-0.05, 0) is 19.4 Å². The van der Waals surface area contributed by atoms with Crippen LogP contribution < -0.4 is 11.1 Å². The quantitative estimate of drug-likeness (QED) is 0.269. The Labute approximate surface area is 131 Å². The second kappa shape index (κ2) is 18.0. The first-order valence-electron chi connectivity index (χ1n) is 7.39. The van der Waals surface area contributed by atoms with Gasteiger partial charge in [-0.3, -0.25) is 4.79 Å². The molecule has 22 heavy (non-hydrogen) atoms. The van der Waals surface area contributed by atoms with E-state index in [2.05, 4.69) is 10.1 Å². The van der Waals surface area contributed by atoms with Crippen LogP contribution in [0.15, 0.2) is 0 Å². The van der Waals surface area contributed by atoms with Gasteiger partial charge in [-0.25, -0.2) is 0 Å². The summed E-state index contributed by atoms with van der Waals surface area (Å²) in [6, 6.07) is 0. The lowest BCUT2D eigenvalue weighted by Gasteiger charge is -2.07. The van der Waals surface area contributed by atoms with Crippen molar-refractivity contribution in [1.82, 2.24) is 5.32 Å². The van der Waals surface area contributed by atoms with Crippen molar-refractivity contribution in [2.24, 2.45) is 5.73 Å². The number of aldehydes is 1. The van der Waals surface area contributed by atoms with E-state index >= 15 is 0 Å². The number of amides is 1. The van der Waals surface area contributed by atoms with Crippen LogP contribution in [0.5, 0.6) is 0 Å². The minimum atomic E-state index is -0.268. The average Bonchev–Trinajstić information content (AvgIpc) is 2.52. The first kappa shape index (κ1) is 20.9. The van der Waals surface area contributed by atoms with Gasteiger partial charge in [-0.2, -0.15) is 0 Å². The van der Waals surface area contributed by atoms with E-state index < -0.39 is 0 Å². The van der Waals surface area contributed by atoms with Crippen LogP contribution in [0, 0.1) is 6.61 Å². The summed E-state index contributed by atoms with van der Waals surface area (Å²) in [4.78, 5) is 21.1. The summed E-state index contributed by atoms with van der Waals surface area (Å²) in [6.07, 6.45) is 2.04. The van der Waals surface area contributed by atoms with Crippen LogP contribution in [-0.4, -0.2) is 71.5 Å². The van der Waals surface area contributed by atoms with Crippen molar-refractivity contribution in [2.45, 2.75) is 12.8 Å². The zero-order valence-corrected chi connectivity index (χ0v) is 13.0. The molecular weight excluding hydrogens is 292 g/mol. The molecule has 1 amide bonds. The molecule has 0 saturated heterocycles. The Morgan fingerprint density at radius 1 is 0.955 bits per heavy atom. The molecule has 0 aromatic carbocycles. The highest BCUT2D eigenvalue weighted by Gasteiger charge is 2.00. The van der Waals surface area contributed by atoms with Crippen molar-refractivity contribution >= 4 is 12.2 Å². The Morgan fingerprint density at radius 2 is 1.55 bits per heavy atom.